The molecule has 122 valence electrons. The van der Waals surface area contributed by atoms with E-state index in [1.807, 2.05) is 13.8 Å². The Morgan fingerprint density at radius 1 is 1.24 bits per heavy atom. The number of alkyl halides is 3. The molecular formula is C15H26F3N3. The fraction of sp³-hybridized carbons (Fsp3) is 0.933. The van der Waals surface area contributed by atoms with Gasteiger partial charge in [0.2, 0.25) is 0 Å². The third-order valence-electron chi connectivity index (χ3n) is 3.90. The highest BCUT2D eigenvalue weighted by Crippen LogP contribution is 2.27. The van der Waals surface area contributed by atoms with Gasteiger partial charge in [-0.1, -0.05) is 13.8 Å². The average Bonchev–Trinajstić information content (AvgIpc) is 3.20. The van der Waals surface area contributed by atoms with Gasteiger partial charge in [0.15, 0.2) is 0 Å². The molecule has 0 aromatic rings. The van der Waals surface area contributed by atoms with Gasteiger partial charge in [0.1, 0.15) is 5.54 Å². The number of hydrogen-bond acceptors (Lipinski definition) is 3. The van der Waals surface area contributed by atoms with Crippen molar-refractivity contribution >= 4 is 0 Å². The van der Waals surface area contributed by atoms with Crippen LogP contribution in [0.2, 0.25) is 0 Å². The predicted octanol–water partition coefficient (Wildman–Crippen LogP) is 3.47. The van der Waals surface area contributed by atoms with E-state index in [0.717, 1.165) is 12.8 Å². The maximum absolute atomic E-state index is 12.5. The van der Waals surface area contributed by atoms with Gasteiger partial charge in [0, 0.05) is 6.04 Å². The van der Waals surface area contributed by atoms with Crippen molar-refractivity contribution in [2.24, 2.45) is 0 Å². The number of nitrogens with one attached hydrogen (secondary N) is 1. The summed E-state index contributed by atoms with van der Waals surface area (Å²) in [5.41, 5.74) is -0.572. The van der Waals surface area contributed by atoms with Crippen LogP contribution in [0.4, 0.5) is 13.2 Å². The van der Waals surface area contributed by atoms with Crippen molar-refractivity contribution in [2.45, 2.75) is 70.1 Å². The summed E-state index contributed by atoms with van der Waals surface area (Å²) in [6.45, 7) is 3.81. The molecule has 1 aliphatic rings. The average molecular weight is 305 g/mol. The minimum atomic E-state index is -4.15. The lowest BCUT2D eigenvalue weighted by Gasteiger charge is -2.29. The lowest BCUT2D eigenvalue weighted by Crippen LogP contribution is -2.45. The van der Waals surface area contributed by atoms with E-state index in [2.05, 4.69) is 11.4 Å². The van der Waals surface area contributed by atoms with Gasteiger partial charge in [0.25, 0.3) is 0 Å². The first-order chi connectivity index (χ1) is 9.84. The highest BCUT2D eigenvalue weighted by Gasteiger charge is 2.35. The second kappa shape index (κ2) is 8.00. The van der Waals surface area contributed by atoms with E-state index in [4.69, 9.17) is 0 Å². The van der Waals surface area contributed by atoms with E-state index >= 15 is 0 Å². The van der Waals surface area contributed by atoms with Crippen molar-refractivity contribution in [2.75, 3.05) is 19.6 Å². The smallest absolute Gasteiger partial charge is 0.297 e. The molecule has 6 heteroatoms. The number of halogens is 3. The molecule has 1 rings (SSSR count). The Hall–Kier alpha value is -0.800. The maximum Gasteiger partial charge on any atom is 0.401 e. The molecule has 1 atom stereocenters. The Bertz CT molecular complexity index is 347. The molecule has 0 amide bonds. The molecule has 0 aromatic carbocycles. The first-order valence-corrected chi connectivity index (χ1v) is 7.82. The van der Waals surface area contributed by atoms with Crippen LogP contribution in [0.5, 0.6) is 0 Å². The van der Waals surface area contributed by atoms with Gasteiger partial charge < -0.3 is 0 Å². The standard InChI is InChI=1S/C15H26F3N3/c1-3-9-21(12-15(16,17)18)10-5-8-14(4-2,11-19)20-13-6-7-13/h13,20H,3-10,12H2,1-2H3. The first-order valence-electron chi connectivity index (χ1n) is 7.82. The van der Waals surface area contributed by atoms with Crippen LogP contribution in [0.15, 0.2) is 0 Å². The second-order valence-electron chi connectivity index (χ2n) is 5.96. The molecule has 0 bridgehead atoms. The molecule has 1 aliphatic carbocycles. The lowest BCUT2D eigenvalue weighted by molar-refractivity contribution is -0.146. The van der Waals surface area contributed by atoms with Gasteiger partial charge in [-0.05, 0) is 51.6 Å². The topological polar surface area (TPSA) is 39.1 Å². The largest absolute Gasteiger partial charge is 0.401 e. The molecule has 0 spiro atoms. The Balaban J connectivity index is 2.44. The van der Waals surface area contributed by atoms with Gasteiger partial charge in [0.05, 0.1) is 12.6 Å². The summed E-state index contributed by atoms with van der Waals surface area (Å²) in [6, 6.07) is 2.76. The normalized spacial score (nSPS) is 18.5. The molecule has 1 saturated carbocycles. The minimum absolute atomic E-state index is 0.392. The van der Waals surface area contributed by atoms with Crippen molar-refractivity contribution < 1.29 is 13.2 Å². The molecule has 0 aliphatic heterocycles. The van der Waals surface area contributed by atoms with Crippen LogP contribution in [0.1, 0.15) is 52.4 Å². The van der Waals surface area contributed by atoms with Gasteiger partial charge in [-0.3, -0.25) is 10.2 Å². The quantitative estimate of drug-likeness (QED) is 0.672. The van der Waals surface area contributed by atoms with Crippen LogP contribution in [0.3, 0.4) is 0 Å². The molecule has 0 saturated heterocycles. The fourth-order valence-electron chi connectivity index (χ4n) is 2.58. The Labute approximate surface area is 125 Å². The van der Waals surface area contributed by atoms with E-state index in [9.17, 15) is 18.4 Å². The molecule has 0 heterocycles. The third-order valence-corrected chi connectivity index (χ3v) is 3.90. The van der Waals surface area contributed by atoms with E-state index in [0.29, 0.717) is 44.8 Å². The fourth-order valence-corrected chi connectivity index (χ4v) is 2.58. The van der Waals surface area contributed by atoms with E-state index in [1.165, 1.54) is 4.90 Å². The molecule has 1 fully saturated rings. The van der Waals surface area contributed by atoms with Crippen molar-refractivity contribution in [1.29, 1.82) is 5.26 Å². The van der Waals surface area contributed by atoms with Gasteiger partial charge >= 0.3 is 6.18 Å². The van der Waals surface area contributed by atoms with Crippen LogP contribution in [-0.2, 0) is 0 Å². The summed E-state index contributed by atoms with van der Waals surface area (Å²) < 4.78 is 37.5. The minimum Gasteiger partial charge on any atom is -0.297 e. The third kappa shape index (κ3) is 7.14. The van der Waals surface area contributed by atoms with Crippen molar-refractivity contribution in [3.8, 4) is 6.07 Å². The van der Waals surface area contributed by atoms with Crippen LogP contribution in [0, 0.1) is 11.3 Å². The Kier molecular flexibility index (Phi) is 6.95. The second-order valence-corrected chi connectivity index (χ2v) is 5.96. The number of nitriles is 1. The zero-order valence-corrected chi connectivity index (χ0v) is 13.0. The molecule has 0 radical (unpaired) electrons. The molecule has 3 nitrogen and oxygen atoms in total. The summed E-state index contributed by atoms with van der Waals surface area (Å²) in [5.74, 6) is 0. The Morgan fingerprint density at radius 3 is 2.33 bits per heavy atom. The van der Waals surface area contributed by atoms with E-state index < -0.39 is 18.3 Å². The van der Waals surface area contributed by atoms with Crippen molar-refractivity contribution in [3.05, 3.63) is 0 Å². The number of nitrogens with zero attached hydrogens (tertiary/aromatic N) is 2. The molecule has 0 aromatic heterocycles. The summed E-state index contributed by atoms with van der Waals surface area (Å²) in [4.78, 5) is 1.44. The molecule has 1 unspecified atom stereocenters. The zero-order valence-electron chi connectivity index (χ0n) is 13.0. The van der Waals surface area contributed by atoms with Crippen LogP contribution < -0.4 is 5.32 Å². The predicted molar refractivity (Wildman–Crippen MR) is 76.8 cm³/mol. The van der Waals surface area contributed by atoms with Crippen LogP contribution in [-0.4, -0.2) is 42.3 Å². The van der Waals surface area contributed by atoms with Gasteiger partial charge in [-0.2, -0.15) is 18.4 Å². The highest BCUT2D eigenvalue weighted by molar-refractivity contribution is 5.09. The van der Waals surface area contributed by atoms with Crippen LogP contribution >= 0.6 is 0 Å². The summed E-state index contributed by atoms with van der Waals surface area (Å²) >= 11 is 0. The van der Waals surface area contributed by atoms with Gasteiger partial charge in [-0.25, -0.2) is 0 Å². The highest BCUT2D eigenvalue weighted by atomic mass is 19.4. The van der Waals surface area contributed by atoms with Crippen molar-refractivity contribution in [3.63, 3.8) is 0 Å². The van der Waals surface area contributed by atoms with E-state index in [-0.39, 0.29) is 0 Å². The monoisotopic (exact) mass is 305 g/mol. The molecular weight excluding hydrogens is 279 g/mol. The van der Waals surface area contributed by atoms with Gasteiger partial charge in [-0.15, -0.1) is 0 Å². The lowest BCUT2D eigenvalue weighted by atomic mass is 9.91. The summed E-state index contributed by atoms with van der Waals surface area (Å²) in [6.07, 6.45) is 0.643. The summed E-state index contributed by atoms with van der Waals surface area (Å²) in [5, 5.41) is 12.8. The molecule has 21 heavy (non-hydrogen) atoms. The SMILES string of the molecule is CCCN(CCCC(C#N)(CC)NC1CC1)CC(F)(F)F. The molecule has 1 N–H and O–H groups in total. The number of rotatable bonds is 10. The Morgan fingerprint density at radius 2 is 1.90 bits per heavy atom. The van der Waals surface area contributed by atoms with E-state index in [1.54, 1.807) is 0 Å². The van der Waals surface area contributed by atoms with Crippen molar-refractivity contribution in [1.82, 2.24) is 10.2 Å². The number of hydrogen-bond donors (Lipinski definition) is 1. The zero-order chi connectivity index (χ0) is 15.9. The maximum atomic E-state index is 12.5. The van der Waals surface area contributed by atoms with Crippen LogP contribution in [0.25, 0.3) is 0 Å². The first kappa shape index (κ1) is 18.2. The summed E-state index contributed by atoms with van der Waals surface area (Å²) in [7, 11) is 0.